The van der Waals surface area contributed by atoms with Crippen molar-refractivity contribution in [2.75, 3.05) is 17.2 Å². The molecule has 0 unspecified atom stereocenters. The minimum absolute atomic E-state index is 0.689. The second-order valence-electron chi connectivity index (χ2n) is 5.42. The molecule has 1 aromatic carbocycles. The lowest BCUT2D eigenvalue weighted by molar-refractivity contribution is 0.714. The smallest absolute Gasteiger partial charge is 0.155 e. The van der Waals surface area contributed by atoms with Gasteiger partial charge in [-0.3, -0.25) is 0 Å². The van der Waals surface area contributed by atoms with Crippen molar-refractivity contribution in [1.29, 1.82) is 0 Å². The first kappa shape index (κ1) is 12.9. The maximum absolute atomic E-state index is 6.33. The lowest BCUT2D eigenvalue weighted by Gasteiger charge is -2.28. The lowest BCUT2D eigenvalue weighted by atomic mass is 10.1. The van der Waals surface area contributed by atoms with Crippen LogP contribution in [0.3, 0.4) is 0 Å². The molecule has 0 bridgehead atoms. The quantitative estimate of drug-likeness (QED) is 0.787. The molecule has 5 nitrogen and oxygen atoms in total. The fourth-order valence-corrected chi connectivity index (χ4v) is 2.91. The fraction of sp³-hybridized carbons (Fsp3) is 0.176. The minimum atomic E-state index is 0.689. The summed E-state index contributed by atoms with van der Waals surface area (Å²) >= 11 is 0. The zero-order chi connectivity index (χ0) is 14.9. The highest BCUT2D eigenvalue weighted by atomic mass is 15.4. The summed E-state index contributed by atoms with van der Waals surface area (Å²) in [5.74, 6) is 1.45. The number of rotatable bonds is 2. The Balaban J connectivity index is 1.70. The van der Waals surface area contributed by atoms with E-state index in [9.17, 15) is 0 Å². The number of benzene rings is 1. The predicted octanol–water partition coefficient (Wildman–Crippen LogP) is 2.41. The zero-order valence-corrected chi connectivity index (χ0v) is 12.2. The molecule has 0 saturated carbocycles. The van der Waals surface area contributed by atoms with E-state index in [1.807, 2.05) is 24.3 Å². The topological polar surface area (TPSA) is 60.0 Å². The van der Waals surface area contributed by atoms with Crippen molar-refractivity contribution in [3.63, 3.8) is 0 Å². The minimum Gasteiger partial charge on any atom is -0.383 e. The van der Waals surface area contributed by atoms with Gasteiger partial charge in [0.15, 0.2) is 5.82 Å². The number of fused-ring (bicyclic) bond motifs is 1. The maximum Gasteiger partial charge on any atom is 0.155 e. The van der Waals surface area contributed by atoms with Crippen molar-refractivity contribution in [3.8, 4) is 5.82 Å². The number of hydrogen-bond donors (Lipinski definition) is 1. The van der Waals surface area contributed by atoms with E-state index in [1.54, 1.807) is 10.9 Å². The Bertz CT molecular complexity index is 780. The van der Waals surface area contributed by atoms with E-state index in [0.717, 1.165) is 36.6 Å². The fourth-order valence-electron chi connectivity index (χ4n) is 2.91. The number of nitrogens with two attached hydrogens (primary N) is 1. The van der Waals surface area contributed by atoms with Crippen LogP contribution < -0.4 is 10.6 Å². The monoisotopic (exact) mass is 291 g/mol. The molecule has 5 heteroatoms. The molecule has 2 aromatic heterocycles. The molecule has 110 valence electrons. The van der Waals surface area contributed by atoms with Crippen LogP contribution in [-0.4, -0.2) is 21.3 Å². The van der Waals surface area contributed by atoms with Crippen molar-refractivity contribution >= 4 is 11.5 Å². The molecule has 1 aliphatic rings. The van der Waals surface area contributed by atoms with E-state index < -0.39 is 0 Å². The van der Waals surface area contributed by atoms with Crippen LogP contribution in [-0.2, 0) is 13.0 Å². The third kappa shape index (κ3) is 2.11. The third-order valence-electron chi connectivity index (χ3n) is 4.06. The predicted molar refractivity (Wildman–Crippen MR) is 87.0 cm³/mol. The van der Waals surface area contributed by atoms with Gasteiger partial charge >= 0.3 is 0 Å². The largest absolute Gasteiger partial charge is 0.383 e. The van der Waals surface area contributed by atoms with Gasteiger partial charge in [0, 0.05) is 37.0 Å². The Labute approximate surface area is 129 Å². The van der Waals surface area contributed by atoms with Gasteiger partial charge in [-0.15, -0.1) is 0 Å². The highest BCUT2D eigenvalue weighted by Crippen LogP contribution is 2.28. The molecule has 0 saturated heterocycles. The Morgan fingerprint density at radius 1 is 1.00 bits per heavy atom. The van der Waals surface area contributed by atoms with Gasteiger partial charge in [-0.05, 0) is 24.3 Å². The molecule has 0 radical (unpaired) electrons. The first-order valence-corrected chi connectivity index (χ1v) is 7.40. The standard InChI is InChI=1S/C17H17N5/c18-17-14-12-21(13-6-2-1-3-7-13)11-9-15(14)20-22(17)16-8-4-5-10-19-16/h1-8,10H,9,11-12,18H2. The average Bonchev–Trinajstić information content (AvgIpc) is 2.93. The first-order chi connectivity index (χ1) is 10.8. The molecule has 3 heterocycles. The molecule has 22 heavy (non-hydrogen) atoms. The van der Waals surface area contributed by atoms with Gasteiger partial charge < -0.3 is 10.6 Å². The van der Waals surface area contributed by atoms with E-state index in [2.05, 4.69) is 39.2 Å². The molecule has 0 atom stereocenters. The Morgan fingerprint density at radius 2 is 1.82 bits per heavy atom. The third-order valence-corrected chi connectivity index (χ3v) is 4.06. The second-order valence-corrected chi connectivity index (χ2v) is 5.42. The lowest BCUT2D eigenvalue weighted by Crippen LogP contribution is -2.30. The molecule has 2 N–H and O–H groups in total. The molecular weight excluding hydrogens is 274 g/mol. The van der Waals surface area contributed by atoms with Gasteiger partial charge in [-0.2, -0.15) is 9.78 Å². The number of pyridine rings is 1. The van der Waals surface area contributed by atoms with Crippen molar-refractivity contribution in [3.05, 3.63) is 66.0 Å². The number of hydrogen-bond acceptors (Lipinski definition) is 4. The summed E-state index contributed by atoms with van der Waals surface area (Å²) in [5, 5.41) is 4.65. The Morgan fingerprint density at radius 3 is 2.59 bits per heavy atom. The number of aromatic nitrogens is 3. The highest BCUT2D eigenvalue weighted by molar-refractivity contribution is 5.55. The van der Waals surface area contributed by atoms with Gasteiger partial charge in [-0.1, -0.05) is 24.3 Å². The molecule has 0 amide bonds. The summed E-state index contributed by atoms with van der Waals surface area (Å²) in [7, 11) is 0. The van der Waals surface area contributed by atoms with E-state index in [1.165, 1.54) is 5.69 Å². The highest BCUT2D eigenvalue weighted by Gasteiger charge is 2.24. The second kappa shape index (κ2) is 5.18. The zero-order valence-electron chi connectivity index (χ0n) is 12.2. The number of anilines is 2. The summed E-state index contributed by atoms with van der Waals surface area (Å²) in [6.45, 7) is 1.74. The van der Waals surface area contributed by atoms with Crippen LogP contribution >= 0.6 is 0 Å². The van der Waals surface area contributed by atoms with E-state index >= 15 is 0 Å². The van der Waals surface area contributed by atoms with Crippen LogP contribution in [0, 0.1) is 0 Å². The molecule has 1 aliphatic heterocycles. The molecular formula is C17H17N5. The van der Waals surface area contributed by atoms with Crippen molar-refractivity contribution in [2.45, 2.75) is 13.0 Å². The molecule has 0 spiro atoms. The number of nitrogens with zero attached hydrogens (tertiary/aromatic N) is 4. The van der Waals surface area contributed by atoms with Crippen molar-refractivity contribution in [2.24, 2.45) is 0 Å². The molecule has 3 aromatic rings. The van der Waals surface area contributed by atoms with Gasteiger partial charge in [0.1, 0.15) is 5.82 Å². The Hall–Kier alpha value is -2.82. The van der Waals surface area contributed by atoms with Crippen LogP contribution in [0.4, 0.5) is 11.5 Å². The number of nitrogen functional groups attached to an aromatic ring is 1. The summed E-state index contributed by atoms with van der Waals surface area (Å²) in [6.07, 6.45) is 2.65. The number of para-hydroxylation sites is 1. The summed E-state index contributed by atoms with van der Waals surface area (Å²) in [4.78, 5) is 6.67. The Kier molecular flexibility index (Phi) is 3.04. The van der Waals surface area contributed by atoms with Gasteiger partial charge in [0.2, 0.25) is 0 Å². The van der Waals surface area contributed by atoms with E-state index in [0.29, 0.717) is 5.82 Å². The van der Waals surface area contributed by atoms with Crippen LogP contribution in [0.1, 0.15) is 11.3 Å². The SMILES string of the molecule is Nc1c2c(nn1-c1ccccn1)CCN(c1ccccc1)C2. The maximum atomic E-state index is 6.33. The molecule has 0 aliphatic carbocycles. The summed E-state index contributed by atoms with van der Waals surface area (Å²) < 4.78 is 1.75. The van der Waals surface area contributed by atoms with Crippen LogP contribution in [0.25, 0.3) is 5.82 Å². The normalized spacial score (nSPS) is 13.9. The van der Waals surface area contributed by atoms with Crippen LogP contribution in [0.15, 0.2) is 54.7 Å². The summed E-state index contributed by atoms with van der Waals surface area (Å²) in [6, 6.07) is 16.2. The average molecular weight is 291 g/mol. The van der Waals surface area contributed by atoms with Crippen LogP contribution in [0.2, 0.25) is 0 Å². The molecule has 0 fully saturated rings. The van der Waals surface area contributed by atoms with Gasteiger partial charge in [0.25, 0.3) is 0 Å². The molecule has 4 rings (SSSR count). The first-order valence-electron chi connectivity index (χ1n) is 7.40. The van der Waals surface area contributed by atoms with E-state index in [4.69, 9.17) is 5.73 Å². The van der Waals surface area contributed by atoms with Gasteiger partial charge in [0.05, 0.1) is 5.69 Å². The van der Waals surface area contributed by atoms with Crippen LogP contribution in [0.5, 0.6) is 0 Å². The van der Waals surface area contributed by atoms with Gasteiger partial charge in [-0.25, -0.2) is 4.98 Å². The van der Waals surface area contributed by atoms with E-state index in [-0.39, 0.29) is 0 Å². The van der Waals surface area contributed by atoms with Crippen molar-refractivity contribution < 1.29 is 0 Å². The van der Waals surface area contributed by atoms with Crippen molar-refractivity contribution in [1.82, 2.24) is 14.8 Å². The summed E-state index contributed by atoms with van der Waals surface area (Å²) in [5.41, 5.74) is 9.74.